The first kappa shape index (κ1) is 14.0. The average molecular weight is 274 g/mol. The summed E-state index contributed by atoms with van der Waals surface area (Å²) < 4.78 is 0. The number of hydrogen-bond acceptors (Lipinski definition) is 3. The molecule has 3 nitrogen and oxygen atoms in total. The van der Waals surface area contributed by atoms with Gasteiger partial charge in [-0.1, -0.05) is 25.0 Å². The first-order valence-corrected chi connectivity index (χ1v) is 7.69. The van der Waals surface area contributed by atoms with Crippen LogP contribution in [0, 0.1) is 11.3 Å². The Labute approximate surface area is 118 Å². The number of thioether (sulfide) groups is 1. The van der Waals surface area contributed by atoms with Crippen molar-refractivity contribution in [2.45, 2.75) is 30.6 Å². The molecule has 1 heterocycles. The zero-order valence-electron chi connectivity index (χ0n) is 11.0. The van der Waals surface area contributed by atoms with Crippen LogP contribution in [0.3, 0.4) is 0 Å². The summed E-state index contributed by atoms with van der Waals surface area (Å²) in [6, 6.07) is 9.71. The number of carbonyl (C=O) groups excluding carboxylic acids is 1. The van der Waals surface area contributed by atoms with Gasteiger partial charge in [-0.2, -0.15) is 5.26 Å². The van der Waals surface area contributed by atoms with Crippen LogP contribution in [0.15, 0.2) is 29.2 Å². The van der Waals surface area contributed by atoms with E-state index in [2.05, 4.69) is 6.07 Å². The van der Waals surface area contributed by atoms with Crippen molar-refractivity contribution in [1.82, 2.24) is 4.90 Å². The summed E-state index contributed by atoms with van der Waals surface area (Å²) in [4.78, 5) is 15.4. The largest absolute Gasteiger partial charge is 0.339 e. The molecule has 0 aromatic heterocycles. The molecule has 0 unspecified atom stereocenters. The van der Waals surface area contributed by atoms with Gasteiger partial charge in [-0.3, -0.25) is 4.79 Å². The minimum absolute atomic E-state index is 0.114. The number of likely N-dealkylation sites (tertiary alicyclic amines) is 1. The van der Waals surface area contributed by atoms with Crippen molar-refractivity contribution in [2.75, 3.05) is 18.8 Å². The molecule has 0 saturated carbocycles. The van der Waals surface area contributed by atoms with Crippen molar-refractivity contribution in [1.29, 1.82) is 5.26 Å². The highest BCUT2D eigenvalue weighted by Gasteiger charge is 2.19. The third-order valence-electron chi connectivity index (χ3n) is 3.30. The van der Waals surface area contributed by atoms with Crippen molar-refractivity contribution in [3.63, 3.8) is 0 Å². The van der Waals surface area contributed by atoms with Crippen LogP contribution in [0.4, 0.5) is 0 Å². The minimum atomic E-state index is 0.114. The van der Waals surface area contributed by atoms with Crippen molar-refractivity contribution in [3.05, 3.63) is 29.8 Å². The van der Waals surface area contributed by atoms with Gasteiger partial charge >= 0.3 is 0 Å². The molecule has 1 amide bonds. The standard InChI is InChI=1S/C15H18N2OS/c16-9-12-19-14-8-4-3-7-13(14)15(18)17-10-5-1-2-6-11-17/h3-4,7-8H,1-2,5-6,10-12H2. The van der Waals surface area contributed by atoms with Gasteiger partial charge in [-0.05, 0) is 25.0 Å². The summed E-state index contributed by atoms with van der Waals surface area (Å²) in [6.07, 6.45) is 4.63. The fourth-order valence-electron chi connectivity index (χ4n) is 2.32. The molecule has 0 spiro atoms. The maximum absolute atomic E-state index is 12.6. The molecular weight excluding hydrogens is 256 g/mol. The van der Waals surface area contributed by atoms with E-state index in [1.165, 1.54) is 24.6 Å². The summed E-state index contributed by atoms with van der Waals surface area (Å²) in [5.74, 6) is 0.493. The van der Waals surface area contributed by atoms with Crippen LogP contribution in [0.1, 0.15) is 36.0 Å². The predicted molar refractivity (Wildman–Crippen MR) is 77.2 cm³/mol. The van der Waals surface area contributed by atoms with Crippen LogP contribution in [0.5, 0.6) is 0 Å². The van der Waals surface area contributed by atoms with Gasteiger partial charge in [0.1, 0.15) is 0 Å². The fourth-order valence-corrected chi connectivity index (χ4v) is 3.03. The van der Waals surface area contributed by atoms with E-state index in [4.69, 9.17) is 5.26 Å². The monoisotopic (exact) mass is 274 g/mol. The highest BCUT2D eigenvalue weighted by atomic mass is 32.2. The maximum atomic E-state index is 12.6. The summed E-state index contributed by atoms with van der Waals surface area (Å²) in [6.45, 7) is 1.71. The van der Waals surface area contributed by atoms with Crippen LogP contribution in [0.2, 0.25) is 0 Å². The van der Waals surface area contributed by atoms with E-state index in [-0.39, 0.29) is 5.91 Å². The lowest BCUT2D eigenvalue weighted by atomic mass is 10.2. The molecule has 1 aliphatic rings. The van der Waals surface area contributed by atoms with E-state index in [0.717, 1.165) is 36.4 Å². The minimum Gasteiger partial charge on any atom is -0.339 e. The van der Waals surface area contributed by atoms with E-state index in [9.17, 15) is 4.79 Å². The SMILES string of the molecule is N#CCSc1ccccc1C(=O)N1CCCCCC1. The van der Waals surface area contributed by atoms with Gasteiger partial charge in [0.05, 0.1) is 17.4 Å². The van der Waals surface area contributed by atoms with E-state index in [1.54, 1.807) is 0 Å². The maximum Gasteiger partial charge on any atom is 0.254 e. The van der Waals surface area contributed by atoms with E-state index < -0.39 is 0 Å². The zero-order valence-corrected chi connectivity index (χ0v) is 11.8. The van der Waals surface area contributed by atoms with E-state index >= 15 is 0 Å². The summed E-state index contributed by atoms with van der Waals surface area (Å²) in [7, 11) is 0. The van der Waals surface area contributed by atoms with Crippen LogP contribution >= 0.6 is 11.8 Å². The van der Waals surface area contributed by atoms with Crippen LogP contribution < -0.4 is 0 Å². The molecule has 100 valence electrons. The topological polar surface area (TPSA) is 44.1 Å². The Balaban J connectivity index is 2.15. The highest BCUT2D eigenvalue weighted by molar-refractivity contribution is 7.99. The van der Waals surface area contributed by atoms with Crippen LogP contribution in [-0.2, 0) is 0 Å². The third-order valence-corrected chi connectivity index (χ3v) is 4.24. The van der Waals surface area contributed by atoms with E-state index in [0.29, 0.717) is 5.75 Å². The van der Waals surface area contributed by atoms with Gasteiger partial charge in [0.25, 0.3) is 5.91 Å². The molecule has 4 heteroatoms. The molecule has 0 bridgehead atoms. The summed E-state index contributed by atoms with van der Waals surface area (Å²) >= 11 is 1.44. The number of rotatable bonds is 3. The van der Waals surface area contributed by atoms with Gasteiger partial charge in [0.2, 0.25) is 0 Å². The molecule has 19 heavy (non-hydrogen) atoms. The molecule has 1 aromatic carbocycles. The van der Waals surface area contributed by atoms with Crippen molar-refractivity contribution in [3.8, 4) is 6.07 Å². The van der Waals surface area contributed by atoms with Crippen LogP contribution in [0.25, 0.3) is 0 Å². The second-order valence-corrected chi connectivity index (χ2v) is 5.67. The van der Waals surface area contributed by atoms with Gasteiger partial charge in [0.15, 0.2) is 0 Å². The molecule has 1 fully saturated rings. The quantitative estimate of drug-likeness (QED) is 0.794. The lowest BCUT2D eigenvalue weighted by molar-refractivity contribution is 0.0758. The lowest BCUT2D eigenvalue weighted by Crippen LogP contribution is -2.32. The summed E-state index contributed by atoms with van der Waals surface area (Å²) in [5.41, 5.74) is 0.740. The number of benzene rings is 1. The number of carbonyl (C=O) groups is 1. The van der Waals surface area contributed by atoms with Crippen molar-refractivity contribution in [2.24, 2.45) is 0 Å². The second kappa shape index (κ2) is 7.20. The van der Waals surface area contributed by atoms with E-state index in [1.807, 2.05) is 29.2 Å². The van der Waals surface area contributed by atoms with Crippen molar-refractivity contribution >= 4 is 17.7 Å². The first-order valence-electron chi connectivity index (χ1n) is 6.71. The number of nitrogens with zero attached hydrogens (tertiary/aromatic N) is 2. The predicted octanol–water partition coefficient (Wildman–Crippen LogP) is 3.32. The molecule has 1 saturated heterocycles. The lowest BCUT2D eigenvalue weighted by Gasteiger charge is -2.21. The fraction of sp³-hybridized carbons (Fsp3) is 0.467. The smallest absolute Gasteiger partial charge is 0.254 e. The number of nitriles is 1. The number of hydrogen-bond donors (Lipinski definition) is 0. The molecule has 1 aliphatic heterocycles. The van der Waals surface area contributed by atoms with Gasteiger partial charge in [-0.15, -0.1) is 11.8 Å². The molecule has 0 N–H and O–H groups in total. The van der Waals surface area contributed by atoms with Gasteiger partial charge in [-0.25, -0.2) is 0 Å². The highest BCUT2D eigenvalue weighted by Crippen LogP contribution is 2.24. The Morgan fingerprint density at radius 1 is 1.21 bits per heavy atom. The number of amides is 1. The Morgan fingerprint density at radius 2 is 1.89 bits per heavy atom. The molecule has 0 atom stereocenters. The molecular formula is C15H18N2OS. The third kappa shape index (κ3) is 3.74. The molecule has 0 radical (unpaired) electrons. The second-order valence-electron chi connectivity index (χ2n) is 4.65. The summed E-state index contributed by atoms with van der Waals surface area (Å²) in [5, 5.41) is 8.68. The Kier molecular flexibility index (Phi) is 5.29. The first-order chi connectivity index (χ1) is 9.33. The average Bonchev–Trinajstić information content (AvgIpc) is 2.73. The van der Waals surface area contributed by atoms with Crippen LogP contribution in [-0.4, -0.2) is 29.6 Å². The molecule has 2 rings (SSSR count). The van der Waals surface area contributed by atoms with Gasteiger partial charge < -0.3 is 4.90 Å². The molecule has 0 aliphatic carbocycles. The Hall–Kier alpha value is -1.47. The van der Waals surface area contributed by atoms with Gasteiger partial charge in [0, 0.05) is 18.0 Å². The molecule has 1 aromatic rings. The Morgan fingerprint density at radius 3 is 2.58 bits per heavy atom. The zero-order chi connectivity index (χ0) is 13.5. The van der Waals surface area contributed by atoms with Crippen molar-refractivity contribution < 1.29 is 4.79 Å². The normalized spacial score (nSPS) is 15.6. The Bertz CT molecular complexity index is 473.